The summed E-state index contributed by atoms with van der Waals surface area (Å²) < 4.78 is 1.03. The molecule has 0 unspecified atom stereocenters. The Hall–Kier alpha value is -2.39. The zero-order chi connectivity index (χ0) is 21.5. The summed E-state index contributed by atoms with van der Waals surface area (Å²) in [6, 6.07) is 6.46. The molecule has 4 heterocycles. The Kier molecular flexibility index (Phi) is 6.57. The van der Waals surface area contributed by atoms with Gasteiger partial charge in [-0.1, -0.05) is 0 Å². The summed E-state index contributed by atoms with van der Waals surface area (Å²) in [5.41, 5.74) is 6.54. The minimum atomic E-state index is -0.144. The summed E-state index contributed by atoms with van der Waals surface area (Å²) in [6.07, 6.45) is 1.89. The normalized spacial score (nSPS) is 14.5. The number of nitrogens with one attached hydrogen (secondary N) is 3. The van der Waals surface area contributed by atoms with Gasteiger partial charge in [0.2, 0.25) is 0 Å². The van der Waals surface area contributed by atoms with Crippen molar-refractivity contribution in [1.82, 2.24) is 19.9 Å². The highest BCUT2D eigenvalue weighted by Crippen LogP contribution is 2.34. The number of hydrogen-bond donors (Lipinski definition) is 4. The molecule has 4 N–H and O–H groups in total. The van der Waals surface area contributed by atoms with Crippen LogP contribution in [0, 0.1) is 0 Å². The van der Waals surface area contributed by atoms with Crippen LogP contribution in [0.1, 0.15) is 25.0 Å². The quantitative estimate of drug-likeness (QED) is 0.354. The number of halogens is 1. The number of rotatable bonds is 5. The van der Waals surface area contributed by atoms with E-state index in [1.54, 1.807) is 11.3 Å². The lowest BCUT2D eigenvalue weighted by atomic mass is 10.0. The first-order valence-corrected chi connectivity index (χ1v) is 11.7. The van der Waals surface area contributed by atoms with E-state index in [0.717, 1.165) is 52.9 Å². The highest BCUT2D eigenvalue weighted by molar-refractivity contribution is 7.17. The van der Waals surface area contributed by atoms with Gasteiger partial charge in [0, 0.05) is 25.7 Å². The molecular formula is C23H28ClN5O2S. The standard InChI is InChI=1S/C23H27N5O2S.ClH/c1-13(2)24-20-19(23(30)27-16-5-10-31-21(16)20)22-25-17-11-14-3-6-28(8-9-29)7-4-15(14)12-18(17)26-22;/h5,10-13,29H,3-4,6-9H2,1-2H3,(H,25,26)(H2,24,27,30);1H. The van der Waals surface area contributed by atoms with Crippen molar-refractivity contribution < 1.29 is 5.11 Å². The number of β-amino-alcohol motifs (C(OH)–C–C–N with tert-alkyl or cyclic N) is 1. The Bertz CT molecular complexity index is 1260. The molecule has 32 heavy (non-hydrogen) atoms. The average Bonchev–Trinajstić information content (AvgIpc) is 3.30. The zero-order valence-electron chi connectivity index (χ0n) is 18.2. The van der Waals surface area contributed by atoms with Gasteiger partial charge in [-0.3, -0.25) is 4.79 Å². The third-order valence-electron chi connectivity index (χ3n) is 5.90. The molecule has 0 radical (unpaired) electrons. The summed E-state index contributed by atoms with van der Waals surface area (Å²) >= 11 is 1.61. The van der Waals surface area contributed by atoms with Crippen LogP contribution >= 0.6 is 23.7 Å². The number of H-pyrrole nitrogens is 2. The highest BCUT2D eigenvalue weighted by atomic mass is 35.5. The fourth-order valence-electron chi connectivity index (χ4n) is 4.43. The van der Waals surface area contributed by atoms with Gasteiger partial charge < -0.3 is 25.3 Å². The molecule has 0 spiro atoms. The summed E-state index contributed by atoms with van der Waals surface area (Å²) in [6.45, 7) is 6.93. The zero-order valence-corrected chi connectivity index (χ0v) is 19.8. The first kappa shape index (κ1) is 22.8. The number of nitrogens with zero attached hydrogens (tertiary/aromatic N) is 2. The van der Waals surface area contributed by atoms with Gasteiger partial charge in [-0.2, -0.15) is 0 Å². The molecule has 0 bridgehead atoms. The lowest BCUT2D eigenvalue weighted by Gasteiger charge is -2.17. The van der Waals surface area contributed by atoms with E-state index in [1.807, 2.05) is 11.4 Å². The van der Waals surface area contributed by atoms with Crippen molar-refractivity contribution in [3.63, 3.8) is 0 Å². The van der Waals surface area contributed by atoms with E-state index in [1.165, 1.54) is 11.1 Å². The molecule has 0 aliphatic carbocycles. The van der Waals surface area contributed by atoms with E-state index < -0.39 is 0 Å². The lowest BCUT2D eigenvalue weighted by Crippen LogP contribution is -2.29. The number of pyridine rings is 1. The number of aliphatic hydroxyl groups excluding tert-OH is 1. The molecule has 4 aromatic rings. The SMILES string of the molecule is CC(C)Nc1c(-c2nc3cc4c(cc3[nH]2)CCN(CCO)CC4)c(=O)[nH]c2ccsc12.Cl. The van der Waals surface area contributed by atoms with Gasteiger partial charge in [0.25, 0.3) is 5.56 Å². The smallest absolute Gasteiger partial charge is 0.261 e. The van der Waals surface area contributed by atoms with E-state index >= 15 is 0 Å². The molecule has 5 rings (SSSR count). The second-order valence-electron chi connectivity index (χ2n) is 8.46. The summed E-state index contributed by atoms with van der Waals surface area (Å²) in [5, 5.41) is 14.7. The Morgan fingerprint density at radius 2 is 1.94 bits per heavy atom. The molecule has 170 valence electrons. The van der Waals surface area contributed by atoms with Crippen molar-refractivity contribution in [1.29, 1.82) is 0 Å². The predicted molar refractivity (Wildman–Crippen MR) is 134 cm³/mol. The van der Waals surface area contributed by atoms with Gasteiger partial charge in [-0.05, 0) is 61.4 Å². The minimum Gasteiger partial charge on any atom is -0.395 e. The molecule has 0 amide bonds. The number of imidazole rings is 1. The van der Waals surface area contributed by atoms with E-state index in [9.17, 15) is 9.90 Å². The van der Waals surface area contributed by atoms with E-state index in [2.05, 4.69) is 46.2 Å². The van der Waals surface area contributed by atoms with Crippen LogP contribution in [-0.2, 0) is 12.8 Å². The monoisotopic (exact) mass is 473 g/mol. The van der Waals surface area contributed by atoms with Crippen molar-refractivity contribution >= 4 is 50.7 Å². The second kappa shape index (κ2) is 9.23. The van der Waals surface area contributed by atoms with Crippen LogP contribution in [-0.4, -0.2) is 57.2 Å². The molecule has 0 atom stereocenters. The molecule has 0 fully saturated rings. The van der Waals surface area contributed by atoms with Crippen molar-refractivity contribution in [2.45, 2.75) is 32.7 Å². The van der Waals surface area contributed by atoms with E-state index in [-0.39, 0.29) is 30.6 Å². The topological polar surface area (TPSA) is 97.0 Å². The van der Waals surface area contributed by atoms with Crippen LogP contribution in [0.5, 0.6) is 0 Å². The van der Waals surface area contributed by atoms with Gasteiger partial charge in [0.15, 0.2) is 0 Å². The summed E-state index contributed by atoms with van der Waals surface area (Å²) in [4.78, 5) is 26.6. The Morgan fingerprint density at radius 3 is 2.66 bits per heavy atom. The van der Waals surface area contributed by atoms with Gasteiger partial charge in [0.1, 0.15) is 11.4 Å². The maximum absolute atomic E-state index is 13.0. The maximum Gasteiger partial charge on any atom is 0.261 e. The Balaban J connectivity index is 0.00000245. The van der Waals surface area contributed by atoms with Gasteiger partial charge in [-0.15, -0.1) is 23.7 Å². The molecular weight excluding hydrogens is 446 g/mol. The first-order valence-electron chi connectivity index (χ1n) is 10.8. The minimum absolute atomic E-state index is 0. The second-order valence-corrected chi connectivity index (χ2v) is 9.37. The van der Waals surface area contributed by atoms with Gasteiger partial charge in [0.05, 0.1) is 33.5 Å². The largest absolute Gasteiger partial charge is 0.395 e. The third kappa shape index (κ3) is 4.15. The highest BCUT2D eigenvalue weighted by Gasteiger charge is 2.21. The van der Waals surface area contributed by atoms with Crippen molar-refractivity contribution in [2.24, 2.45) is 0 Å². The number of anilines is 1. The van der Waals surface area contributed by atoms with Gasteiger partial charge >= 0.3 is 0 Å². The third-order valence-corrected chi connectivity index (χ3v) is 6.83. The molecule has 0 saturated heterocycles. The van der Waals surface area contributed by atoms with Gasteiger partial charge in [-0.25, -0.2) is 4.98 Å². The summed E-state index contributed by atoms with van der Waals surface area (Å²) in [5.74, 6) is 0.594. The fourth-order valence-corrected chi connectivity index (χ4v) is 5.29. The number of aliphatic hydroxyl groups is 1. The van der Waals surface area contributed by atoms with Crippen LogP contribution < -0.4 is 10.9 Å². The molecule has 3 aromatic heterocycles. The van der Waals surface area contributed by atoms with Crippen molar-refractivity contribution in [3.05, 3.63) is 45.1 Å². The number of thiophene rings is 1. The summed E-state index contributed by atoms with van der Waals surface area (Å²) in [7, 11) is 0. The number of aromatic nitrogens is 3. The molecule has 7 nitrogen and oxygen atoms in total. The Labute approximate surface area is 196 Å². The van der Waals surface area contributed by atoms with Crippen LogP contribution in [0.15, 0.2) is 28.4 Å². The fraction of sp³-hybridized carbons (Fsp3) is 0.391. The molecule has 1 aliphatic rings. The van der Waals surface area contributed by atoms with Crippen LogP contribution in [0.3, 0.4) is 0 Å². The van der Waals surface area contributed by atoms with Crippen LogP contribution in [0.4, 0.5) is 5.69 Å². The first-order chi connectivity index (χ1) is 15.0. The maximum atomic E-state index is 13.0. The van der Waals surface area contributed by atoms with E-state index in [0.29, 0.717) is 17.9 Å². The lowest BCUT2D eigenvalue weighted by molar-refractivity contribution is 0.201. The number of fused-ring (bicyclic) bond motifs is 3. The predicted octanol–water partition coefficient (Wildman–Crippen LogP) is 3.77. The van der Waals surface area contributed by atoms with Crippen LogP contribution in [0.2, 0.25) is 0 Å². The molecule has 9 heteroatoms. The van der Waals surface area contributed by atoms with E-state index in [4.69, 9.17) is 4.98 Å². The average molecular weight is 474 g/mol. The van der Waals surface area contributed by atoms with Crippen molar-refractivity contribution in [2.75, 3.05) is 31.6 Å². The number of hydrogen-bond acceptors (Lipinski definition) is 6. The van der Waals surface area contributed by atoms with Crippen molar-refractivity contribution in [3.8, 4) is 11.4 Å². The number of aromatic amines is 2. The number of benzene rings is 1. The Morgan fingerprint density at radius 1 is 1.19 bits per heavy atom. The molecule has 0 saturated carbocycles. The molecule has 1 aliphatic heterocycles. The molecule has 1 aromatic carbocycles. The van der Waals surface area contributed by atoms with Crippen LogP contribution in [0.25, 0.3) is 32.6 Å².